The Morgan fingerprint density at radius 1 is 0.359 bits per heavy atom. The van der Waals surface area contributed by atoms with E-state index >= 15 is 0 Å². The molecule has 0 saturated heterocycles. The minimum Gasteiger partial charge on any atom is -0.310 e. The van der Waals surface area contributed by atoms with Crippen LogP contribution in [0.5, 0.6) is 0 Å². The molecule has 0 spiro atoms. The van der Waals surface area contributed by atoms with Crippen LogP contribution in [0.1, 0.15) is 29.1 Å². The largest absolute Gasteiger partial charge is 0.310 e. The molecule has 0 saturated carbocycles. The monoisotopic (exact) mass is 822 g/mol. The van der Waals surface area contributed by atoms with E-state index in [0.717, 1.165) is 89.4 Å². The number of benzene rings is 10. The number of para-hydroxylation sites is 6. The third-order valence-corrected chi connectivity index (χ3v) is 12.7. The fraction of sp³-hybridized carbons (Fsp3) is 0.0164. The quantitative estimate of drug-likeness (QED) is 0.144. The van der Waals surface area contributed by atoms with Crippen LogP contribution in [0.15, 0.2) is 261 Å². The van der Waals surface area contributed by atoms with Crippen molar-refractivity contribution in [1.82, 2.24) is 4.57 Å². The predicted octanol–water partition coefficient (Wildman–Crippen LogP) is 16.1. The van der Waals surface area contributed by atoms with Crippen LogP contribution < -0.4 is 9.80 Å². The van der Waals surface area contributed by atoms with Gasteiger partial charge >= 0.3 is 0 Å². The third kappa shape index (κ3) is 5.90. The maximum absolute atomic E-state index is 9.94. The maximum Gasteiger partial charge on any atom is 0.0720 e. The molecule has 3 nitrogen and oxygen atoms in total. The average Bonchev–Trinajstić information content (AvgIpc) is 3.89. The molecule has 0 bridgehead atoms. The molecule has 1 aliphatic carbocycles. The van der Waals surface area contributed by atoms with Crippen molar-refractivity contribution < 1.29 is 6.85 Å². The number of anilines is 6. The van der Waals surface area contributed by atoms with Crippen LogP contribution in [0.25, 0.3) is 38.6 Å². The topological polar surface area (TPSA) is 11.4 Å². The molecule has 0 fully saturated rings. The van der Waals surface area contributed by atoms with Crippen LogP contribution in [-0.2, 0) is 5.41 Å². The Bertz CT molecular complexity index is 3490. The number of aromatic nitrogens is 1. The van der Waals surface area contributed by atoms with Gasteiger partial charge in [-0.05, 0) is 130 Å². The Labute approximate surface area is 381 Å². The molecule has 12 rings (SSSR count). The highest BCUT2D eigenvalue weighted by Crippen LogP contribution is 2.60. The first-order chi connectivity index (χ1) is 33.9. The van der Waals surface area contributed by atoms with Gasteiger partial charge in [0, 0.05) is 50.6 Å². The van der Waals surface area contributed by atoms with Gasteiger partial charge in [-0.3, -0.25) is 0 Å². The summed E-state index contributed by atoms with van der Waals surface area (Å²) in [6, 6.07) is 77.3. The number of fused-ring (bicyclic) bond motifs is 6. The van der Waals surface area contributed by atoms with E-state index in [9.17, 15) is 5.48 Å². The van der Waals surface area contributed by atoms with E-state index in [4.69, 9.17) is 1.37 Å². The van der Waals surface area contributed by atoms with Crippen LogP contribution in [0.2, 0.25) is 0 Å². The Balaban J connectivity index is 1.25. The summed E-state index contributed by atoms with van der Waals surface area (Å²) in [7, 11) is 0. The van der Waals surface area contributed by atoms with Crippen molar-refractivity contribution in [3.63, 3.8) is 0 Å². The van der Waals surface area contributed by atoms with Gasteiger partial charge in [0.1, 0.15) is 0 Å². The van der Waals surface area contributed by atoms with Crippen LogP contribution in [0, 0.1) is 0 Å². The van der Waals surface area contributed by atoms with Crippen molar-refractivity contribution in [1.29, 1.82) is 0 Å². The molecule has 0 aliphatic heterocycles. The second-order valence-corrected chi connectivity index (χ2v) is 16.1. The van der Waals surface area contributed by atoms with Crippen molar-refractivity contribution in [3.05, 3.63) is 283 Å². The van der Waals surface area contributed by atoms with E-state index in [0.29, 0.717) is 0 Å². The first-order valence-electron chi connectivity index (χ1n) is 24.1. The first-order valence-corrected chi connectivity index (χ1v) is 21.6. The summed E-state index contributed by atoms with van der Waals surface area (Å²) in [4.78, 5) is 4.48. The fourth-order valence-electron chi connectivity index (χ4n) is 10.1. The van der Waals surface area contributed by atoms with Gasteiger partial charge in [0.2, 0.25) is 0 Å². The number of hydrogen-bond acceptors (Lipinski definition) is 2. The van der Waals surface area contributed by atoms with Crippen molar-refractivity contribution in [3.8, 4) is 16.8 Å². The Kier molecular flexibility index (Phi) is 7.83. The zero-order valence-electron chi connectivity index (χ0n) is 39.8. The SMILES string of the molecule is [2H]c1c([2H])c([2H])c(C2(c3cccc4c3c3ccccc3n4-c3ccccc3)c3ccc(N(c4ccccc4)c4ccccc4)cc3-c3cc(N(c4ccccc4)c4ccccc4)ccc32)c([2H])c1[2H]. The minimum atomic E-state index is -1.42. The van der Waals surface area contributed by atoms with Crippen LogP contribution >= 0.6 is 0 Å². The Morgan fingerprint density at radius 2 is 0.797 bits per heavy atom. The zero-order chi connectivity index (χ0) is 46.8. The van der Waals surface area contributed by atoms with Gasteiger partial charge in [0.25, 0.3) is 0 Å². The molecule has 0 amide bonds. The van der Waals surface area contributed by atoms with Crippen LogP contribution in [0.3, 0.4) is 0 Å². The molecule has 0 radical (unpaired) electrons. The maximum atomic E-state index is 9.94. The lowest BCUT2D eigenvalue weighted by Crippen LogP contribution is -2.29. The van der Waals surface area contributed by atoms with Gasteiger partial charge in [-0.15, -0.1) is 0 Å². The summed E-state index contributed by atoms with van der Waals surface area (Å²) in [5, 5.41) is 1.92. The molecule has 10 aromatic carbocycles. The number of rotatable bonds is 9. The Morgan fingerprint density at radius 3 is 1.30 bits per heavy atom. The second kappa shape index (κ2) is 15.5. The summed E-state index contributed by atoms with van der Waals surface area (Å²) in [6.07, 6.45) is 0. The lowest BCUT2D eigenvalue weighted by atomic mass is 9.66. The third-order valence-electron chi connectivity index (χ3n) is 12.7. The molecule has 1 aromatic heterocycles. The van der Waals surface area contributed by atoms with E-state index in [1.54, 1.807) is 0 Å². The second-order valence-electron chi connectivity index (χ2n) is 16.1. The van der Waals surface area contributed by atoms with Crippen LogP contribution in [-0.4, -0.2) is 4.57 Å². The standard InChI is InChI=1S/C61H43N3/c1-7-22-44(23-8-1)61(57-35-21-37-59-60(57)52-34-19-20-36-58(52)64(59)49-32-17-6-18-33-49)55-40-38-50(62(45-24-9-2-10-25-45)46-26-11-3-12-27-46)42-53(55)54-43-51(39-41-56(54)61)63(47-28-13-4-14-29-47)48-30-15-5-16-31-48/h1-43H/i1D,7D,8D,22D,23D. The predicted molar refractivity (Wildman–Crippen MR) is 267 cm³/mol. The van der Waals surface area contributed by atoms with Crippen molar-refractivity contribution in [2.24, 2.45) is 0 Å². The molecule has 0 unspecified atom stereocenters. The summed E-state index contributed by atoms with van der Waals surface area (Å²) >= 11 is 0. The number of nitrogens with zero attached hydrogens (tertiary/aromatic N) is 3. The molecular weight excluding hydrogens is 775 g/mol. The zero-order valence-corrected chi connectivity index (χ0v) is 34.8. The molecule has 64 heavy (non-hydrogen) atoms. The number of hydrogen-bond donors (Lipinski definition) is 0. The van der Waals surface area contributed by atoms with Gasteiger partial charge in [-0.25, -0.2) is 0 Å². The lowest BCUT2D eigenvalue weighted by molar-refractivity contribution is 0.777. The first kappa shape index (κ1) is 32.3. The van der Waals surface area contributed by atoms with Crippen molar-refractivity contribution >= 4 is 55.9 Å². The smallest absolute Gasteiger partial charge is 0.0720 e. The van der Waals surface area contributed by atoms with Crippen LogP contribution in [0.4, 0.5) is 34.1 Å². The molecule has 3 heteroatoms. The highest BCUT2D eigenvalue weighted by atomic mass is 15.1. The van der Waals surface area contributed by atoms with Gasteiger partial charge in [0.05, 0.1) is 23.3 Å². The van der Waals surface area contributed by atoms with E-state index in [1.165, 1.54) is 0 Å². The molecule has 0 atom stereocenters. The summed E-state index contributed by atoms with van der Waals surface area (Å²) in [5.74, 6) is 0. The molecular formula is C61H43N3. The van der Waals surface area contributed by atoms with Gasteiger partial charge in [0.15, 0.2) is 0 Å². The normalized spacial score (nSPS) is 13.6. The highest BCUT2D eigenvalue weighted by Gasteiger charge is 2.48. The summed E-state index contributed by atoms with van der Waals surface area (Å²) in [6.45, 7) is 0. The molecule has 0 N–H and O–H groups in total. The van der Waals surface area contributed by atoms with E-state index < -0.39 is 11.5 Å². The summed E-state index contributed by atoms with van der Waals surface area (Å²) in [5.41, 5.74) is 11.6. The van der Waals surface area contributed by atoms with Gasteiger partial charge in [-0.1, -0.05) is 164 Å². The van der Waals surface area contributed by atoms with Gasteiger partial charge < -0.3 is 14.4 Å². The molecule has 1 aliphatic rings. The lowest BCUT2D eigenvalue weighted by Gasteiger charge is -2.35. The van der Waals surface area contributed by atoms with E-state index in [-0.39, 0.29) is 29.7 Å². The molecule has 11 aromatic rings. The molecule has 302 valence electrons. The van der Waals surface area contributed by atoms with Gasteiger partial charge in [-0.2, -0.15) is 0 Å². The Hall–Kier alpha value is -8.40. The minimum absolute atomic E-state index is 0.198. The molecule has 1 heterocycles. The van der Waals surface area contributed by atoms with Crippen molar-refractivity contribution in [2.45, 2.75) is 5.41 Å². The van der Waals surface area contributed by atoms with E-state index in [2.05, 4.69) is 136 Å². The fourth-order valence-corrected chi connectivity index (χ4v) is 10.1. The van der Waals surface area contributed by atoms with E-state index in [1.807, 2.05) is 109 Å². The van der Waals surface area contributed by atoms with Crippen molar-refractivity contribution in [2.75, 3.05) is 9.80 Å². The highest BCUT2D eigenvalue weighted by molar-refractivity contribution is 6.12. The summed E-state index contributed by atoms with van der Waals surface area (Å²) < 4.78 is 49.6. The average molecular weight is 823 g/mol.